The van der Waals surface area contributed by atoms with Gasteiger partial charge in [0.25, 0.3) is 0 Å². The second kappa shape index (κ2) is 9.03. The van der Waals surface area contributed by atoms with Crippen LogP contribution < -0.4 is 0 Å². The maximum Gasteiger partial charge on any atom is 0.328 e. The Morgan fingerprint density at radius 3 is 1.93 bits per heavy atom. The molecule has 0 heterocycles. The molecule has 0 radical (unpaired) electrons. The van der Waals surface area contributed by atoms with Crippen molar-refractivity contribution in [2.24, 2.45) is 0 Å². The third-order valence-corrected chi connectivity index (χ3v) is 1.36. The number of hydrogen-bond acceptors (Lipinski definition) is 1. The van der Waals surface area contributed by atoms with Gasteiger partial charge >= 0.3 is 5.97 Å². The summed E-state index contributed by atoms with van der Waals surface area (Å²) in [6.07, 6.45) is 14.9. The highest BCUT2D eigenvalue weighted by molar-refractivity contribution is 6.29. The molecule has 0 bridgehead atoms. The van der Waals surface area contributed by atoms with Crippen molar-refractivity contribution in [2.45, 2.75) is 6.92 Å². The van der Waals surface area contributed by atoms with Crippen molar-refractivity contribution in [3.05, 3.63) is 59.7 Å². The van der Waals surface area contributed by atoms with E-state index in [2.05, 4.69) is 0 Å². The molecule has 0 atom stereocenters. The van der Waals surface area contributed by atoms with Crippen LogP contribution in [0.4, 0.5) is 0 Å². The fourth-order valence-electron chi connectivity index (χ4n) is 0.647. The summed E-state index contributed by atoms with van der Waals surface area (Å²) in [6.45, 7) is 1.80. The first-order chi connectivity index (χ1) is 7.13. The van der Waals surface area contributed by atoms with Crippen LogP contribution in [0, 0.1) is 0 Å². The molecule has 0 fully saturated rings. The van der Waals surface area contributed by atoms with E-state index in [4.69, 9.17) is 16.7 Å². The van der Waals surface area contributed by atoms with Gasteiger partial charge in [-0.25, -0.2) is 4.79 Å². The molecule has 0 aliphatic heterocycles. The maximum atomic E-state index is 10.1. The molecule has 1 N–H and O–H groups in total. The molecule has 0 aromatic heterocycles. The third-order valence-electron chi connectivity index (χ3n) is 1.23. The minimum absolute atomic E-state index is 0.722. The number of carboxylic acid groups (broad SMARTS) is 1. The van der Waals surface area contributed by atoms with Crippen LogP contribution in [0.25, 0.3) is 0 Å². The second-order valence-electron chi connectivity index (χ2n) is 2.61. The highest BCUT2D eigenvalue weighted by Gasteiger charge is 1.79. The summed E-state index contributed by atoms with van der Waals surface area (Å²) < 4.78 is 0. The molecule has 80 valence electrons. The molecule has 0 amide bonds. The molecule has 0 aromatic rings. The Hall–Kier alpha value is -1.54. The lowest BCUT2D eigenvalue weighted by Gasteiger charge is -1.77. The summed E-state index contributed by atoms with van der Waals surface area (Å²) in [4.78, 5) is 10.1. The SMILES string of the molecule is C\C(Cl)=C/C=C/C=C/C=C/C=C/C(=O)O. The van der Waals surface area contributed by atoms with Gasteiger partial charge < -0.3 is 5.11 Å². The normalized spacial score (nSPS) is 13.9. The van der Waals surface area contributed by atoms with Crippen LogP contribution in [0.15, 0.2) is 59.7 Å². The van der Waals surface area contributed by atoms with Gasteiger partial charge in [-0.3, -0.25) is 0 Å². The van der Waals surface area contributed by atoms with Gasteiger partial charge in [-0.05, 0) is 13.0 Å². The molecule has 3 heteroatoms. The molecule has 0 aliphatic carbocycles. The molecule has 0 saturated heterocycles. The van der Waals surface area contributed by atoms with Gasteiger partial charge in [-0.15, -0.1) is 0 Å². The lowest BCUT2D eigenvalue weighted by atomic mass is 10.3. The van der Waals surface area contributed by atoms with Crippen LogP contribution >= 0.6 is 11.6 Å². The average molecular weight is 225 g/mol. The van der Waals surface area contributed by atoms with E-state index in [1.807, 2.05) is 18.2 Å². The van der Waals surface area contributed by atoms with Gasteiger partial charge in [0.1, 0.15) is 0 Å². The second-order valence-corrected chi connectivity index (χ2v) is 3.20. The molecule has 0 unspecified atom stereocenters. The van der Waals surface area contributed by atoms with Gasteiger partial charge in [-0.1, -0.05) is 54.1 Å². The molecule has 2 nitrogen and oxygen atoms in total. The van der Waals surface area contributed by atoms with E-state index in [0.717, 1.165) is 11.1 Å². The minimum Gasteiger partial charge on any atom is -0.478 e. The van der Waals surface area contributed by atoms with Crippen molar-refractivity contribution in [1.29, 1.82) is 0 Å². The Balaban J connectivity index is 3.85. The number of halogens is 1. The number of carboxylic acids is 1. The first-order valence-corrected chi connectivity index (χ1v) is 4.74. The van der Waals surface area contributed by atoms with Crippen LogP contribution in [0.3, 0.4) is 0 Å². The lowest BCUT2D eigenvalue weighted by molar-refractivity contribution is -0.131. The highest BCUT2D eigenvalue weighted by atomic mass is 35.5. The van der Waals surface area contributed by atoms with Crippen molar-refractivity contribution in [3.63, 3.8) is 0 Å². The van der Waals surface area contributed by atoms with Crippen LogP contribution in [0.2, 0.25) is 0 Å². The fraction of sp³-hybridized carbons (Fsp3) is 0.0833. The minimum atomic E-state index is -0.953. The lowest BCUT2D eigenvalue weighted by Crippen LogP contribution is -1.84. The van der Waals surface area contributed by atoms with Gasteiger partial charge in [0.05, 0.1) is 0 Å². The number of hydrogen-bond donors (Lipinski definition) is 1. The Morgan fingerprint density at radius 2 is 1.47 bits per heavy atom. The smallest absolute Gasteiger partial charge is 0.328 e. The third kappa shape index (κ3) is 12.5. The number of allylic oxidation sites excluding steroid dienone is 9. The molecule has 0 spiro atoms. The Bertz CT molecular complexity index is 330. The van der Waals surface area contributed by atoms with Crippen molar-refractivity contribution >= 4 is 17.6 Å². The van der Waals surface area contributed by atoms with Crippen molar-refractivity contribution < 1.29 is 9.90 Å². The van der Waals surface area contributed by atoms with Crippen molar-refractivity contribution in [1.82, 2.24) is 0 Å². The van der Waals surface area contributed by atoms with Gasteiger partial charge in [0, 0.05) is 11.1 Å². The summed E-state index contributed by atoms with van der Waals surface area (Å²) in [5.41, 5.74) is 0. The van der Waals surface area contributed by atoms with E-state index >= 15 is 0 Å². The summed E-state index contributed by atoms with van der Waals surface area (Å²) in [7, 11) is 0. The van der Waals surface area contributed by atoms with E-state index in [9.17, 15) is 4.79 Å². The number of carbonyl (C=O) groups is 1. The Morgan fingerprint density at radius 1 is 1.00 bits per heavy atom. The van der Waals surface area contributed by atoms with E-state index < -0.39 is 5.97 Å². The van der Waals surface area contributed by atoms with Crippen molar-refractivity contribution in [3.8, 4) is 0 Å². The van der Waals surface area contributed by atoms with E-state index in [1.54, 1.807) is 31.2 Å². The first kappa shape index (κ1) is 13.5. The quantitative estimate of drug-likeness (QED) is 0.574. The van der Waals surface area contributed by atoms with Gasteiger partial charge in [0.15, 0.2) is 0 Å². The van der Waals surface area contributed by atoms with E-state index in [1.165, 1.54) is 6.08 Å². The predicted octanol–water partition coefficient (Wildman–Crippen LogP) is 3.44. The summed E-state index contributed by atoms with van der Waals surface area (Å²) >= 11 is 5.60. The zero-order chi connectivity index (χ0) is 11.5. The summed E-state index contributed by atoms with van der Waals surface area (Å²) in [5, 5.41) is 8.99. The van der Waals surface area contributed by atoms with Gasteiger partial charge in [0.2, 0.25) is 0 Å². The fourth-order valence-corrected chi connectivity index (χ4v) is 0.720. The predicted molar refractivity (Wildman–Crippen MR) is 63.8 cm³/mol. The van der Waals surface area contributed by atoms with Gasteiger partial charge in [-0.2, -0.15) is 0 Å². The monoisotopic (exact) mass is 224 g/mol. The standard InChI is InChI=1S/C12H13ClO2/c1-11(13)9-7-5-3-2-4-6-8-10-12(14)15/h2-10H,1H3,(H,14,15)/b3-2+,6-4+,7-5+,10-8+,11-9+. The zero-order valence-electron chi connectivity index (χ0n) is 8.43. The summed E-state index contributed by atoms with van der Waals surface area (Å²) in [6, 6.07) is 0. The van der Waals surface area contributed by atoms with Crippen LogP contribution in [0.5, 0.6) is 0 Å². The van der Waals surface area contributed by atoms with Crippen molar-refractivity contribution in [2.75, 3.05) is 0 Å². The zero-order valence-corrected chi connectivity index (χ0v) is 9.19. The number of aliphatic carboxylic acids is 1. The maximum absolute atomic E-state index is 10.1. The number of rotatable bonds is 5. The molecule has 0 aliphatic rings. The van der Waals surface area contributed by atoms with Crippen LogP contribution in [0.1, 0.15) is 6.92 Å². The molecular weight excluding hydrogens is 212 g/mol. The first-order valence-electron chi connectivity index (χ1n) is 4.36. The topological polar surface area (TPSA) is 37.3 Å². The Kier molecular flexibility index (Phi) is 8.10. The van der Waals surface area contributed by atoms with E-state index in [-0.39, 0.29) is 0 Å². The van der Waals surface area contributed by atoms with Crippen LogP contribution in [-0.4, -0.2) is 11.1 Å². The molecule has 0 saturated carbocycles. The molecule has 15 heavy (non-hydrogen) atoms. The molecule has 0 rings (SSSR count). The molecular formula is C12H13ClO2. The largest absolute Gasteiger partial charge is 0.478 e. The Labute approximate surface area is 94.6 Å². The van der Waals surface area contributed by atoms with E-state index in [0.29, 0.717) is 0 Å². The summed E-state index contributed by atoms with van der Waals surface area (Å²) in [5.74, 6) is -0.953. The molecule has 0 aromatic carbocycles. The highest BCUT2D eigenvalue weighted by Crippen LogP contribution is 1.97. The van der Waals surface area contributed by atoms with Crippen LogP contribution in [-0.2, 0) is 4.79 Å². The average Bonchev–Trinajstić information content (AvgIpc) is 2.14.